The van der Waals surface area contributed by atoms with Crippen LogP contribution in [0.5, 0.6) is 0 Å². The molecule has 3 rings (SSSR count). The lowest BCUT2D eigenvalue weighted by atomic mass is 10.0. The molecule has 0 saturated heterocycles. The van der Waals surface area contributed by atoms with Crippen molar-refractivity contribution in [2.45, 2.75) is 6.42 Å². The molecule has 0 aliphatic heterocycles. The highest BCUT2D eigenvalue weighted by molar-refractivity contribution is 5.86. The van der Waals surface area contributed by atoms with Gasteiger partial charge in [-0.1, -0.05) is 47.6 Å². The third-order valence-electron chi connectivity index (χ3n) is 3.02. The molecule has 1 N–H and O–H groups in total. The number of aromatic nitrogens is 1. The van der Waals surface area contributed by atoms with Crippen molar-refractivity contribution < 1.29 is 14.4 Å². The number of hydrogen-bond donors (Lipinski definition) is 1. The normalized spacial score (nSPS) is 10.7. The molecule has 0 fully saturated rings. The molecule has 0 amide bonds. The van der Waals surface area contributed by atoms with Crippen LogP contribution in [0.15, 0.2) is 53.1 Å². The first-order valence-corrected chi connectivity index (χ1v) is 5.89. The number of rotatable bonds is 3. The van der Waals surface area contributed by atoms with Crippen LogP contribution >= 0.6 is 0 Å². The molecule has 1 aromatic heterocycles. The highest BCUT2D eigenvalue weighted by Crippen LogP contribution is 2.21. The van der Waals surface area contributed by atoms with E-state index in [0.717, 1.165) is 16.3 Å². The topological polar surface area (TPSA) is 63.3 Å². The molecule has 0 saturated carbocycles. The van der Waals surface area contributed by atoms with Crippen molar-refractivity contribution in [3.05, 3.63) is 65.5 Å². The van der Waals surface area contributed by atoms with Gasteiger partial charge in [0.15, 0.2) is 5.69 Å². The summed E-state index contributed by atoms with van der Waals surface area (Å²) in [6.07, 6.45) is 0.529. The predicted molar refractivity (Wildman–Crippen MR) is 70.2 cm³/mol. The van der Waals surface area contributed by atoms with Crippen molar-refractivity contribution in [1.29, 1.82) is 0 Å². The molecule has 0 spiro atoms. The van der Waals surface area contributed by atoms with Gasteiger partial charge in [0, 0.05) is 12.5 Å². The van der Waals surface area contributed by atoms with Crippen LogP contribution in [0, 0.1) is 0 Å². The zero-order valence-electron chi connectivity index (χ0n) is 10.0. The second-order valence-electron chi connectivity index (χ2n) is 4.30. The van der Waals surface area contributed by atoms with Crippen molar-refractivity contribution in [3.8, 4) is 0 Å². The first-order chi connectivity index (χ1) is 9.24. The van der Waals surface area contributed by atoms with Gasteiger partial charge in [0.1, 0.15) is 5.76 Å². The van der Waals surface area contributed by atoms with Gasteiger partial charge in [-0.05, 0) is 16.3 Å². The van der Waals surface area contributed by atoms with Gasteiger partial charge >= 0.3 is 5.97 Å². The van der Waals surface area contributed by atoms with Crippen molar-refractivity contribution in [1.82, 2.24) is 5.16 Å². The zero-order valence-corrected chi connectivity index (χ0v) is 10.0. The Labute approximate surface area is 109 Å². The van der Waals surface area contributed by atoms with E-state index in [-0.39, 0.29) is 5.69 Å². The molecule has 94 valence electrons. The minimum atomic E-state index is -1.08. The summed E-state index contributed by atoms with van der Waals surface area (Å²) in [6, 6.07) is 15.5. The Morgan fingerprint density at radius 3 is 2.74 bits per heavy atom. The van der Waals surface area contributed by atoms with Gasteiger partial charge in [-0.2, -0.15) is 0 Å². The zero-order chi connectivity index (χ0) is 13.2. The molecule has 0 aliphatic carbocycles. The molecule has 4 heteroatoms. The summed E-state index contributed by atoms with van der Waals surface area (Å²) in [4.78, 5) is 10.8. The van der Waals surface area contributed by atoms with E-state index in [1.165, 1.54) is 6.07 Å². The molecule has 3 aromatic rings. The quantitative estimate of drug-likeness (QED) is 0.779. The van der Waals surface area contributed by atoms with E-state index < -0.39 is 5.97 Å². The van der Waals surface area contributed by atoms with E-state index in [2.05, 4.69) is 5.16 Å². The molecule has 0 radical (unpaired) electrons. The smallest absolute Gasteiger partial charge is 0.358 e. The Hall–Kier alpha value is -2.62. The second kappa shape index (κ2) is 4.57. The molecule has 1 heterocycles. The van der Waals surface area contributed by atoms with E-state index in [1.54, 1.807) is 0 Å². The van der Waals surface area contributed by atoms with Gasteiger partial charge < -0.3 is 9.63 Å². The fourth-order valence-electron chi connectivity index (χ4n) is 2.13. The van der Waals surface area contributed by atoms with Crippen LogP contribution in [0.4, 0.5) is 0 Å². The van der Waals surface area contributed by atoms with Gasteiger partial charge in [0.05, 0.1) is 0 Å². The number of carbonyl (C=O) groups is 1. The molecule has 0 aliphatic rings. The van der Waals surface area contributed by atoms with Crippen molar-refractivity contribution in [2.75, 3.05) is 0 Å². The Morgan fingerprint density at radius 2 is 1.95 bits per heavy atom. The number of aromatic carboxylic acids is 1. The Morgan fingerprint density at radius 1 is 1.16 bits per heavy atom. The van der Waals surface area contributed by atoms with Gasteiger partial charge in [-0.25, -0.2) is 4.79 Å². The summed E-state index contributed by atoms with van der Waals surface area (Å²) in [5.41, 5.74) is 1.03. The third-order valence-corrected chi connectivity index (χ3v) is 3.02. The van der Waals surface area contributed by atoms with Gasteiger partial charge in [0.2, 0.25) is 0 Å². The number of carboxylic acids is 1. The van der Waals surface area contributed by atoms with E-state index in [4.69, 9.17) is 9.63 Å². The minimum Gasteiger partial charge on any atom is -0.476 e. The van der Waals surface area contributed by atoms with Gasteiger partial charge in [0.25, 0.3) is 0 Å². The van der Waals surface area contributed by atoms with Crippen LogP contribution in [-0.2, 0) is 6.42 Å². The molecule has 19 heavy (non-hydrogen) atoms. The molecule has 2 aromatic carbocycles. The van der Waals surface area contributed by atoms with Crippen LogP contribution in [-0.4, -0.2) is 16.2 Å². The number of fused-ring (bicyclic) bond motifs is 1. The third kappa shape index (κ3) is 2.20. The standard InChI is InChI=1S/C15H11NO3/c17-15(18)14-9-12(19-16-14)8-11-6-3-5-10-4-1-2-7-13(10)11/h1-7,9H,8H2,(H,17,18). The lowest BCUT2D eigenvalue weighted by molar-refractivity contribution is 0.0685. The maximum atomic E-state index is 10.8. The maximum absolute atomic E-state index is 10.8. The van der Waals surface area contributed by atoms with Crippen LogP contribution in [0.3, 0.4) is 0 Å². The lowest BCUT2D eigenvalue weighted by Gasteiger charge is -2.03. The summed E-state index contributed by atoms with van der Waals surface area (Å²) in [6.45, 7) is 0. The minimum absolute atomic E-state index is 0.0600. The molecule has 4 nitrogen and oxygen atoms in total. The summed E-state index contributed by atoms with van der Waals surface area (Å²) in [5, 5.41) is 14.6. The lowest BCUT2D eigenvalue weighted by Crippen LogP contribution is -1.94. The molecular weight excluding hydrogens is 242 g/mol. The Kier molecular flexibility index (Phi) is 2.76. The van der Waals surface area contributed by atoms with Crippen molar-refractivity contribution in [3.63, 3.8) is 0 Å². The molecule has 0 unspecified atom stereocenters. The SMILES string of the molecule is O=C(O)c1cc(Cc2cccc3ccccc23)on1. The number of nitrogens with zero attached hydrogens (tertiary/aromatic N) is 1. The van der Waals surface area contributed by atoms with E-state index in [0.29, 0.717) is 12.2 Å². The predicted octanol–water partition coefficient (Wildman–Crippen LogP) is 3.12. The van der Waals surface area contributed by atoms with Crippen LogP contribution in [0.25, 0.3) is 10.8 Å². The van der Waals surface area contributed by atoms with Crippen molar-refractivity contribution >= 4 is 16.7 Å². The number of benzene rings is 2. The Balaban J connectivity index is 1.98. The first kappa shape index (κ1) is 11.5. The summed E-state index contributed by atoms with van der Waals surface area (Å²) in [7, 11) is 0. The van der Waals surface area contributed by atoms with Gasteiger partial charge in [-0.15, -0.1) is 0 Å². The number of carboxylic acid groups (broad SMARTS) is 1. The largest absolute Gasteiger partial charge is 0.476 e. The van der Waals surface area contributed by atoms with E-state index >= 15 is 0 Å². The van der Waals surface area contributed by atoms with Crippen LogP contribution in [0.1, 0.15) is 21.8 Å². The Bertz CT molecular complexity index is 740. The average Bonchev–Trinajstić information content (AvgIpc) is 2.88. The average molecular weight is 253 g/mol. The van der Waals surface area contributed by atoms with Crippen LogP contribution < -0.4 is 0 Å². The maximum Gasteiger partial charge on any atom is 0.358 e. The fourth-order valence-corrected chi connectivity index (χ4v) is 2.13. The summed E-state index contributed by atoms with van der Waals surface area (Å²) < 4.78 is 5.05. The fraction of sp³-hybridized carbons (Fsp3) is 0.0667. The molecular formula is C15H11NO3. The second-order valence-corrected chi connectivity index (χ2v) is 4.30. The number of hydrogen-bond acceptors (Lipinski definition) is 3. The van der Waals surface area contributed by atoms with E-state index in [9.17, 15) is 4.79 Å². The van der Waals surface area contributed by atoms with E-state index in [1.807, 2.05) is 42.5 Å². The highest BCUT2D eigenvalue weighted by Gasteiger charge is 2.11. The van der Waals surface area contributed by atoms with Crippen LogP contribution in [0.2, 0.25) is 0 Å². The summed E-state index contributed by atoms with van der Waals surface area (Å²) >= 11 is 0. The molecule has 0 bridgehead atoms. The van der Waals surface area contributed by atoms with Crippen molar-refractivity contribution in [2.24, 2.45) is 0 Å². The molecule has 0 atom stereocenters. The summed E-state index contributed by atoms with van der Waals surface area (Å²) in [5.74, 6) is -0.526. The van der Waals surface area contributed by atoms with Gasteiger partial charge in [-0.3, -0.25) is 0 Å². The highest BCUT2D eigenvalue weighted by atomic mass is 16.5. The monoisotopic (exact) mass is 253 g/mol. The first-order valence-electron chi connectivity index (χ1n) is 5.89.